The molecule has 0 radical (unpaired) electrons. The van der Waals surface area contributed by atoms with Gasteiger partial charge in [0.05, 0.1) is 15.2 Å². The first kappa shape index (κ1) is 14.5. The third kappa shape index (κ3) is 3.69. The maximum absolute atomic E-state index is 11.2. The van der Waals surface area contributed by atoms with E-state index in [0.29, 0.717) is 11.3 Å². The molecule has 2 nitrogen and oxygen atoms in total. The summed E-state index contributed by atoms with van der Waals surface area (Å²) in [6.07, 6.45) is 0.942. The summed E-state index contributed by atoms with van der Waals surface area (Å²) in [5, 5.41) is 0. The second-order valence-electron chi connectivity index (χ2n) is 5.41. The minimum Gasteiger partial charge on any atom is -0.489 e. The number of carbonyl (C=O) groups is 1. The van der Waals surface area contributed by atoms with Gasteiger partial charge in [-0.3, -0.25) is 4.79 Å². The lowest BCUT2D eigenvalue weighted by Crippen LogP contribution is -2.14. The molecular formula is C14H19IO2. The molecule has 0 heterocycles. The summed E-state index contributed by atoms with van der Waals surface area (Å²) < 4.78 is 6.69. The van der Waals surface area contributed by atoms with Gasteiger partial charge in [-0.1, -0.05) is 20.8 Å². The molecule has 0 saturated heterocycles. The van der Waals surface area contributed by atoms with Crippen LogP contribution in [0.5, 0.6) is 5.75 Å². The standard InChI is InChI=1S/C14H19IO2/c1-9(2)17-13-10(8-16)6-11(7-12(13)15)14(3,4)5/h6-9H,1-5H3. The summed E-state index contributed by atoms with van der Waals surface area (Å²) in [6, 6.07) is 4.01. The first-order valence-electron chi connectivity index (χ1n) is 5.71. The van der Waals surface area contributed by atoms with Crippen LogP contribution >= 0.6 is 22.6 Å². The highest BCUT2D eigenvalue weighted by molar-refractivity contribution is 14.1. The number of hydrogen-bond donors (Lipinski definition) is 0. The molecule has 1 aromatic rings. The van der Waals surface area contributed by atoms with Crippen molar-refractivity contribution in [2.75, 3.05) is 0 Å². The van der Waals surface area contributed by atoms with Gasteiger partial charge in [0, 0.05) is 0 Å². The second kappa shape index (κ2) is 5.38. The Labute approximate surface area is 117 Å². The molecule has 0 bridgehead atoms. The predicted molar refractivity (Wildman–Crippen MR) is 79.0 cm³/mol. The maximum atomic E-state index is 11.2. The summed E-state index contributed by atoms with van der Waals surface area (Å²) in [5.41, 5.74) is 1.82. The number of hydrogen-bond acceptors (Lipinski definition) is 2. The molecular weight excluding hydrogens is 327 g/mol. The number of carbonyl (C=O) groups excluding carboxylic acids is 1. The van der Waals surface area contributed by atoms with Gasteiger partial charge < -0.3 is 4.74 Å². The van der Waals surface area contributed by atoms with Gasteiger partial charge in [-0.05, 0) is 59.5 Å². The van der Waals surface area contributed by atoms with Crippen molar-refractivity contribution in [1.82, 2.24) is 0 Å². The molecule has 0 atom stereocenters. The molecule has 0 spiro atoms. The molecule has 0 N–H and O–H groups in total. The predicted octanol–water partition coefficient (Wildman–Crippen LogP) is 4.19. The van der Waals surface area contributed by atoms with Crippen molar-refractivity contribution in [3.05, 3.63) is 26.8 Å². The molecule has 0 aromatic heterocycles. The van der Waals surface area contributed by atoms with E-state index in [2.05, 4.69) is 49.4 Å². The fourth-order valence-electron chi connectivity index (χ4n) is 1.50. The fraction of sp³-hybridized carbons (Fsp3) is 0.500. The monoisotopic (exact) mass is 346 g/mol. The van der Waals surface area contributed by atoms with Crippen molar-refractivity contribution in [2.24, 2.45) is 0 Å². The molecule has 1 aromatic carbocycles. The highest BCUT2D eigenvalue weighted by Crippen LogP contribution is 2.32. The zero-order valence-electron chi connectivity index (χ0n) is 11.0. The molecule has 17 heavy (non-hydrogen) atoms. The molecule has 0 aliphatic heterocycles. The SMILES string of the molecule is CC(C)Oc1c(I)cc(C(C)(C)C)cc1C=O. The minimum absolute atomic E-state index is 0.0358. The van der Waals surface area contributed by atoms with Crippen molar-refractivity contribution in [3.8, 4) is 5.75 Å². The van der Waals surface area contributed by atoms with Crippen molar-refractivity contribution in [2.45, 2.75) is 46.1 Å². The molecule has 0 aliphatic rings. The minimum atomic E-state index is 0.0358. The third-order valence-electron chi connectivity index (χ3n) is 2.42. The summed E-state index contributed by atoms with van der Waals surface area (Å²) in [6.45, 7) is 10.3. The largest absolute Gasteiger partial charge is 0.489 e. The maximum Gasteiger partial charge on any atom is 0.153 e. The lowest BCUT2D eigenvalue weighted by molar-refractivity contribution is 0.111. The van der Waals surface area contributed by atoms with Crippen molar-refractivity contribution in [3.63, 3.8) is 0 Å². The molecule has 0 unspecified atom stereocenters. The Bertz CT molecular complexity index is 417. The molecule has 0 saturated carbocycles. The van der Waals surface area contributed by atoms with Gasteiger partial charge in [-0.15, -0.1) is 0 Å². The van der Waals surface area contributed by atoms with Crippen LogP contribution in [0.3, 0.4) is 0 Å². The quantitative estimate of drug-likeness (QED) is 0.606. The van der Waals surface area contributed by atoms with Gasteiger partial charge in [0.15, 0.2) is 6.29 Å². The van der Waals surface area contributed by atoms with Gasteiger partial charge in [0.2, 0.25) is 0 Å². The van der Waals surface area contributed by atoms with E-state index in [9.17, 15) is 4.79 Å². The lowest BCUT2D eigenvalue weighted by atomic mass is 9.86. The number of rotatable bonds is 3. The highest BCUT2D eigenvalue weighted by atomic mass is 127. The Morgan fingerprint density at radius 3 is 2.29 bits per heavy atom. The Morgan fingerprint density at radius 2 is 1.88 bits per heavy atom. The molecule has 3 heteroatoms. The van der Waals surface area contributed by atoms with Crippen LogP contribution < -0.4 is 4.74 Å². The van der Waals surface area contributed by atoms with E-state index in [-0.39, 0.29) is 11.5 Å². The zero-order valence-corrected chi connectivity index (χ0v) is 13.2. The smallest absolute Gasteiger partial charge is 0.153 e. The Morgan fingerprint density at radius 1 is 1.29 bits per heavy atom. The van der Waals surface area contributed by atoms with Crippen molar-refractivity contribution in [1.29, 1.82) is 0 Å². The normalized spacial score (nSPS) is 11.7. The molecule has 1 rings (SSSR count). The summed E-state index contributed by atoms with van der Waals surface area (Å²) in [4.78, 5) is 11.2. The van der Waals surface area contributed by atoms with Crippen LogP contribution in [0, 0.1) is 3.57 Å². The van der Waals surface area contributed by atoms with Gasteiger partial charge in [0.1, 0.15) is 5.75 Å². The molecule has 94 valence electrons. The van der Waals surface area contributed by atoms with Gasteiger partial charge in [-0.2, -0.15) is 0 Å². The highest BCUT2D eigenvalue weighted by Gasteiger charge is 2.19. The van der Waals surface area contributed by atoms with E-state index in [1.54, 1.807) is 0 Å². The summed E-state index contributed by atoms with van der Waals surface area (Å²) in [7, 11) is 0. The van der Waals surface area contributed by atoms with Crippen LogP contribution in [0.2, 0.25) is 0 Å². The molecule has 0 amide bonds. The Kier molecular flexibility index (Phi) is 4.58. The van der Waals surface area contributed by atoms with Crippen LogP contribution in [0.25, 0.3) is 0 Å². The van der Waals surface area contributed by atoms with E-state index in [4.69, 9.17) is 4.74 Å². The summed E-state index contributed by atoms with van der Waals surface area (Å²) in [5.74, 6) is 0.698. The lowest BCUT2D eigenvalue weighted by Gasteiger charge is -2.22. The number of ether oxygens (including phenoxy) is 1. The van der Waals surface area contributed by atoms with E-state index in [1.807, 2.05) is 19.9 Å². The number of aldehydes is 1. The van der Waals surface area contributed by atoms with Crippen LogP contribution in [-0.4, -0.2) is 12.4 Å². The average Bonchev–Trinajstić information content (AvgIpc) is 2.18. The number of halogens is 1. The fourth-order valence-corrected chi connectivity index (χ4v) is 2.27. The van der Waals surface area contributed by atoms with Crippen LogP contribution in [0.4, 0.5) is 0 Å². The van der Waals surface area contributed by atoms with Gasteiger partial charge in [-0.25, -0.2) is 0 Å². The Balaban J connectivity index is 3.31. The number of benzene rings is 1. The van der Waals surface area contributed by atoms with E-state index in [0.717, 1.165) is 15.4 Å². The van der Waals surface area contributed by atoms with Crippen LogP contribution in [-0.2, 0) is 5.41 Å². The van der Waals surface area contributed by atoms with Crippen molar-refractivity contribution < 1.29 is 9.53 Å². The molecule has 0 aliphatic carbocycles. The van der Waals surface area contributed by atoms with E-state index < -0.39 is 0 Å². The van der Waals surface area contributed by atoms with Crippen molar-refractivity contribution >= 4 is 28.9 Å². The van der Waals surface area contributed by atoms with E-state index in [1.165, 1.54) is 0 Å². The van der Waals surface area contributed by atoms with Crippen LogP contribution in [0.15, 0.2) is 12.1 Å². The first-order valence-corrected chi connectivity index (χ1v) is 6.79. The zero-order chi connectivity index (χ0) is 13.2. The molecule has 0 fully saturated rings. The van der Waals surface area contributed by atoms with Gasteiger partial charge in [0.25, 0.3) is 0 Å². The van der Waals surface area contributed by atoms with Crippen LogP contribution in [0.1, 0.15) is 50.5 Å². The topological polar surface area (TPSA) is 26.3 Å². The first-order chi connectivity index (χ1) is 7.75. The Hall–Kier alpha value is -0.580. The summed E-state index contributed by atoms with van der Waals surface area (Å²) >= 11 is 2.22. The third-order valence-corrected chi connectivity index (χ3v) is 3.22. The second-order valence-corrected chi connectivity index (χ2v) is 6.57. The van der Waals surface area contributed by atoms with Gasteiger partial charge >= 0.3 is 0 Å². The average molecular weight is 346 g/mol. The van der Waals surface area contributed by atoms with E-state index >= 15 is 0 Å².